The summed E-state index contributed by atoms with van der Waals surface area (Å²) in [6.45, 7) is 0. The van der Waals surface area contributed by atoms with Crippen molar-refractivity contribution in [1.29, 1.82) is 0 Å². The summed E-state index contributed by atoms with van der Waals surface area (Å²) in [4.78, 5) is 35.9. The van der Waals surface area contributed by atoms with Gasteiger partial charge in [-0.15, -0.1) is 0 Å². The van der Waals surface area contributed by atoms with Crippen LogP contribution in [0.25, 0.3) is 11.1 Å². The Morgan fingerprint density at radius 1 is 0.704 bits per heavy atom. The molecule has 132 valence electrons. The molecule has 0 heterocycles. The van der Waals surface area contributed by atoms with Gasteiger partial charge in [-0.3, -0.25) is 9.59 Å². The lowest BCUT2D eigenvalue weighted by atomic mass is 10.0. The van der Waals surface area contributed by atoms with Crippen molar-refractivity contribution < 1.29 is 14.4 Å². The van der Waals surface area contributed by atoms with Crippen molar-refractivity contribution in [3.63, 3.8) is 0 Å². The zero-order chi connectivity index (χ0) is 19.0. The van der Waals surface area contributed by atoms with Crippen LogP contribution in [-0.4, -0.2) is 17.7 Å². The van der Waals surface area contributed by atoms with E-state index in [-0.39, 0.29) is 11.7 Å². The molecule has 4 rings (SSSR count). The number of urea groups is 1. The van der Waals surface area contributed by atoms with Gasteiger partial charge in [-0.25, -0.2) is 4.79 Å². The second-order valence-electron chi connectivity index (χ2n) is 6.16. The van der Waals surface area contributed by atoms with E-state index < -0.39 is 6.03 Å². The molecule has 0 aromatic heterocycles. The van der Waals surface area contributed by atoms with Gasteiger partial charge in [0.05, 0.1) is 0 Å². The van der Waals surface area contributed by atoms with Crippen molar-refractivity contribution in [3.8, 4) is 11.1 Å². The molecule has 3 amide bonds. The highest BCUT2D eigenvalue weighted by molar-refractivity contribution is 6.22. The van der Waals surface area contributed by atoms with Gasteiger partial charge in [0, 0.05) is 28.1 Å². The maximum absolute atomic E-state index is 12.6. The predicted octanol–water partition coefficient (Wildman–Crippen LogP) is 3.64. The van der Waals surface area contributed by atoms with Crippen molar-refractivity contribution in [2.75, 3.05) is 10.6 Å². The van der Waals surface area contributed by atoms with Gasteiger partial charge in [-0.05, 0) is 47.5 Å². The van der Waals surface area contributed by atoms with Crippen molar-refractivity contribution >= 4 is 29.1 Å². The third kappa shape index (κ3) is 3.04. The minimum absolute atomic E-state index is 0.0721. The van der Waals surface area contributed by atoms with Crippen LogP contribution in [-0.2, 0) is 0 Å². The Labute approximate surface area is 155 Å². The maximum atomic E-state index is 12.6. The Hall–Kier alpha value is -3.93. The summed E-state index contributed by atoms with van der Waals surface area (Å²) in [5.41, 5.74) is 9.47. The molecule has 27 heavy (non-hydrogen) atoms. The van der Waals surface area contributed by atoms with Crippen molar-refractivity contribution in [2.24, 2.45) is 5.73 Å². The summed E-state index contributed by atoms with van der Waals surface area (Å²) in [5, 5.41) is 5.22. The van der Waals surface area contributed by atoms with E-state index in [2.05, 4.69) is 10.6 Å². The monoisotopic (exact) mass is 357 g/mol. The molecule has 3 aromatic rings. The standard InChI is InChI=1S/C21H15N3O3/c22-21(27)24-14-8-6-13(7-9-14)23-20(26)12-5-10-16-15-3-1-2-4-17(15)19(25)18(16)11-12/h1-11H,(H,23,26)(H3,22,24,27). The molecule has 6 nitrogen and oxygen atoms in total. The molecular formula is C21H15N3O3. The topological polar surface area (TPSA) is 101 Å². The van der Waals surface area contributed by atoms with Crippen molar-refractivity contribution in [1.82, 2.24) is 0 Å². The molecule has 0 unspecified atom stereocenters. The fourth-order valence-electron chi connectivity index (χ4n) is 3.15. The van der Waals surface area contributed by atoms with Crippen LogP contribution in [0.5, 0.6) is 0 Å². The Morgan fingerprint density at radius 2 is 1.30 bits per heavy atom. The molecule has 0 fully saturated rings. The third-order valence-corrected chi connectivity index (χ3v) is 4.40. The Morgan fingerprint density at radius 3 is 1.96 bits per heavy atom. The molecule has 0 saturated heterocycles. The smallest absolute Gasteiger partial charge is 0.316 e. The zero-order valence-electron chi connectivity index (χ0n) is 14.2. The fourth-order valence-corrected chi connectivity index (χ4v) is 3.15. The van der Waals surface area contributed by atoms with Gasteiger partial charge in [-0.2, -0.15) is 0 Å². The number of hydrogen-bond acceptors (Lipinski definition) is 3. The largest absolute Gasteiger partial charge is 0.351 e. The number of benzene rings is 3. The quantitative estimate of drug-likeness (QED) is 0.522. The summed E-state index contributed by atoms with van der Waals surface area (Å²) >= 11 is 0. The number of anilines is 2. The van der Waals surface area contributed by atoms with Gasteiger partial charge < -0.3 is 16.4 Å². The summed E-state index contributed by atoms with van der Waals surface area (Å²) in [7, 11) is 0. The van der Waals surface area contributed by atoms with Gasteiger partial charge in [0.1, 0.15) is 0 Å². The highest BCUT2D eigenvalue weighted by Crippen LogP contribution is 2.36. The van der Waals surface area contributed by atoms with Crippen LogP contribution < -0.4 is 16.4 Å². The lowest BCUT2D eigenvalue weighted by Crippen LogP contribution is -2.19. The van der Waals surface area contributed by atoms with E-state index in [4.69, 9.17) is 5.73 Å². The van der Waals surface area contributed by atoms with Crippen LogP contribution in [0.4, 0.5) is 16.2 Å². The Bertz CT molecular complexity index is 1090. The van der Waals surface area contributed by atoms with E-state index >= 15 is 0 Å². The summed E-state index contributed by atoms with van der Waals surface area (Å²) in [6.07, 6.45) is 0. The highest BCUT2D eigenvalue weighted by Gasteiger charge is 2.27. The lowest BCUT2D eigenvalue weighted by Gasteiger charge is -2.08. The molecule has 1 aliphatic carbocycles. The van der Waals surface area contributed by atoms with Gasteiger partial charge in [0.2, 0.25) is 0 Å². The van der Waals surface area contributed by atoms with E-state index in [9.17, 15) is 14.4 Å². The molecule has 0 aliphatic heterocycles. The van der Waals surface area contributed by atoms with Gasteiger partial charge in [0.25, 0.3) is 5.91 Å². The second-order valence-corrected chi connectivity index (χ2v) is 6.16. The number of primary amides is 1. The molecule has 0 bridgehead atoms. The number of rotatable bonds is 3. The molecule has 4 N–H and O–H groups in total. The van der Waals surface area contributed by atoms with E-state index in [1.807, 2.05) is 18.2 Å². The van der Waals surface area contributed by atoms with E-state index in [1.165, 1.54) is 0 Å². The first-order valence-electron chi connectivity index (χ1n) is 8.29. The number of fused-ring (bicyclic) bond motifs is 3. The van der Waals surface area contributed by atoms with Crippen LogP contribution in [0.15, 0.2) is 66.7 Å². The van der Waals surface area contributed by atoms with Crippen LogP contribution in [0.2, 0.25) is 0 Å². The van der Waals surface area contributed by atoms with E-state index in [0.717, 1.165) is 11.1 Å². The third-order valence-electron chi connectivity index (χ3n) is 4.40. The number of ketones is 1. The number of amides is 3. The summed E-state index contributed by atoms with van der Waals surface area (Å²) in [5.74, 6) is -0.394. The van der Waals surface area contributed by atoms with E-state index in [0.29, 0.717) is 28.1 Å². The van der Waals surface area contributed by atoms with Gasteiger partial charge in [0.15, 0.2) is 5.78 Å². The summed E-state index contributed by atoms with van der Waals surface area (Å²) < 4.78 is 0. The first-order chi connectivity index (χ1) is 13.0. The molecular weight excluding hydrogens is 342 g/mol. The van der Waals surface area contributed by atoms with Gasteiger partial charge in [-0.1, -0.05) is 30.3 Å². The molecule has 0 atom stereocenters. The molecule has 0 spiro atoms. The minimum atomic E-state index is -0.657. The van der Waals surface area contributed by atoms with Crippen LogP contribution in [0.3, 0.4) is 0 Å². The number of nitrogens with two attached hydrogens (primary N) is 1. The SMILES string of the molecule is NC(=O)Nc1ccc(NC(=O)c2ccc3c(c2)C(=O)c2ccccc2-3)cc1. The lowest BCUT2D eigenvalue weighted by molar-refractivity contribution is 0.102. The molecule has 0 radical (unpaired) electrons. The zero-order valence-corrected chi connectivity index (χ0v) is 14.2. The first-order valence-corrected chi connectivity index (χ1v) is 8.29. The normalized spacial score (nSPS) is 11.5. The summed E-state index contributed by atoms with van der Waals surface area (Å²) in [6, 6.07) is 18.4. The van der Waals surface area contributed by atoms with Gasteiger partial charge >= 0.3 is 6.03 Å². The minimum Gasteiger partial charge on any atom is -0.351 e. The Kier molecular flexibility index (Phi) is 3.93. The predicted molar refractivity (Wildman–Crippen MR) is 103 cm³/mol. The average molecular weight is 357 g/mol. The van der Waals surface area contributed by atoms with Crippen molar-refractivity contribution in [3.05, 3.63) is 83.4 Å². The maximum Gasteiger partial charge on any atom is 0.316 e. The number of carbonyl (C=O) groups excluding carboxylic acids is 3. The number of hydrogen-bond donors (Lipinski definition) is 3. The first kappa shape index (κ1) is 16.5. The molecule has 1 aliphatic rings. The number of nitrogens with one attached hydrogen (secondary N) is 2. The fraction of sp³-hybridized carbons (Fsp3) is 0. The molecule has 3 aromatic carbocycles. The highest BCUT2D eigenvalue weighted by atomic mass is 16.2. The van der Waals surface area contributed by atoms with E-state index in [1.54, 1.807) is 48.5 Å². The molecule has 0 saturated carbocycles. The average Bonchev–Trinajstić information content (AvgIpc) is 2.95. The van der Waals surface area contributed by atoms with Crippen LogP contribution >= 0.6 is 0 Å². The van der Waals surface area contributed by atoms with Crippen LogP contribution in [0, 0.1) is 0 Å². The second kappa shape index (κ2) is 6.42. The number of carbonyl (C=O) groups is 3. The van der Waals surface area contributed by atoms with Crippen molar-refractivity contribution in [2.45, 2.75) is 0 Å². The molecule has 6 heteroatoms. The van der Waals surface area contributed by atoms with Crippen LogP contribution in [0.1, 0.15) is 26.3 Å². The Balaban J connectivity index is 1.56.